The second kappa shape index (κ2) is 10.2. The Kier molecular flexibility index (Phi) is 8.31. The van der Waals surface area contributed by atoms with Gasteiger partial charge in [0.15, 0.2) is 0 Å². The highest BCUT2D eigenvalue weighted by atomic mass is 35.5. The molecule has 0 atom stereocenters. The van der Waals surface area contributed by atoms with E-state index in [4.69, 9.17) is 5.73 Å². The molecule has 2 fully saturated rings. The summed E-state index contributed by atoms with van der Waals surface area (Å²) in [7, 11) is 0. The molecular formula is C18H29ClN4O2S. The minimum absolute atomic E-state index is 0. The Morgan fingerprint density at radius 2 is 1.81 bits per heavy atom. The Hall–Kier alpha value is -1.18. The van der Waals surface area contributed by atoms with Gasteiger partial charge in [-0.3, -0.25) is 9.59 Å². The maximum atomic E-state index is 12.7. The molecule has 2 heterocycles. The fourth-order valence-corrected chi connectivity index (χ4v) is 4.56. The molecule has 0 aromatic carbocycles. The highest BCUT2D eigenvalue weighted by Crippen LogP contribution is 2.28. The monoisotopic (exact) mass is 400 g/mol. The number of carbonyl (C=O) groups excluding carboxylic acids is 2. The van der Waals surface area contributed by atoms with E-state index in [-0.39, 0.29) is 24.2 Å². The molecule has 0 bridgehead atoms. The Bertz CT molecular complexity index is 604. The first-order chi connectivity index (χ1) is 12.2. The van der Waals surface area contributed by atoms with Crippen LogP contribution in [0.1, 0.15) is 54.0 Å². The molecule has 1 aromatic heterocycles. The van der Waals surface area contributed by atoms with Gasteiger partial charge >= 0.3 is 0 Å². The van der Waals surface area contributed by atoms with Crippen LogP contribution in [0.5, 0.6) is 0 Å². The lowest BCUT2D eigenvalue weighted by Crippen LogP contribution is -2.37. The third-order valence-corrected chi connectivity index (χ3v) is 6.11. The smallest absolute Gasteiger partial charge is 0.273 e. The zero-order valence-corrected chi connectivity index (χ0v) is 16.8. The molecule has 2 N–H and O–H groups in total. The molecule has 1 aliphatic heterocycles. The van der Waals surface area contributed by atoms with Gasteiger partial charge in [0.2, 0.25) is 5.91 Å². The van der Waals surface area contributed by atoms with Gasteiger partial charge in [-0.1, -0.05) is 12.8 Å². The lowest BCUT2D eigenvalue weighted by Gasteiger charge is -2.23. The van der Waals surface area contributed by atoms with E-state index in [1.54, 1.807) is 0 Å². The van der Waals surface area contributed by atoms with E-state index in [1.165, 1.54) is 37.0 Å². The summed E-state index contributed by atoms with van der Waals surface area (Å²) in [6.07, 6.45) is 7.14. The predicted molar refractivity (Wildman–Crippen MR) is 106 cm³/mol. The van der Waals surface area contributed by atoms with E-state index in [1.807, 2.05) is 15.2 Å². The Labute approximate surface area is 165 Å². The van der Waals surface area contributed by atoms with E-state index in [2.05, 4.69) is 4.98 Å². The van der Waals surface area contributed by atoms with Crippen LogP contribution in [-0.4, -0.2) is 59.3 Å². The molecule has 2 aliphatic rings. The summed E-state index contributed by atoms with van der Waals surface area (Å²) in [5, 5.41) is 2.73. The number of nitrogens with two attached hydrogens (primary N) is 1. The quantitative estimate of drug-likeness (QED) is 0.822. The highest BCUT2D eigenvalue weighted by molar-refractivity contribution is 7.09. The number of thiazole rings is 1. The molecule has 26 heavy (non-hydrogen) atoms. The maximum absolute atomic E-state index is 12.7. The van der Waals surface area contributed by atoms with Crippen molar-refractivity contribution in [1.29, 1.82) is 0 Å². The third-order valence-electron chi connectivity index (χ3n) is 5.20. The zero-order valence-electron chi connectivity index (χ0n) is 15.2. The Morgan fingerprint density at radius 1 is 1.12 bits per heavy atom. The van der Waals surface area contributed by atoms with Crippen LogP contribution in [0.3, 0.4) is 0 Å². The summed E-state index contributed by atoms with van der Waals surface area (Å²) in [5.41, 5.74) is 6.06. The fraction of sp³-hybridized carbons (Fsp3) is 0.722. The number of nitrogens with zero attached hydrogens (tertiary/aromatic N) is 3. The minimum Gasteiger partial charge on any atom is -0.341 e. The third kappa shape index (κ3) is 5.41. The predicted octanol–water partition coefficient (Wildman–Crippen LogP) is 2.32. The van der Waals surface area contributed by atoms with Gasteiger partial charge in [-0.05, 0) is 31.7 Å². The molecule has 1 aromatic rings. The fourth-order valence-electron chi connectivity index (χ4n) is 3.77. The lowest BCUT2D eigenvalue weighted by molar-refractivity contribution is -0.132. The first-order valence-corrected chi connectivity index (χ1v) is 10.3. The second-order valence-electron chi connectivity index (χ2n) is 7.05. The average Bonchev–Trinajstić information content (AvgIpc) is 3.21. The van der Waals surface area contributed by atoms with Gasteiger partial charge in [0.05, 0.1) is 5.01 Å². The number of amides is 2. The van der Waals surface area contributed by atoms with E-state index >= 15 is 0 Å². The van der Waals surface area contributed by atoms with E-state index in [0.29, 0.717) is 50.6 Å². The summed E-state index contributed by atoms with van der Waals surface area (Å²) in [4.78, 5) is 33.4. The first-order valence-electron chi connectivity index (χ1n) is 9.39. The van der Waals surface area contributed by atoms with Crippen molar-refractivity contribution >= 4 is 35.6 Å². The van der Waals surface area contributed by atoms with Crippen LogP contribution in [0.2, 0.25) is 0 Å². The van der Waals surface area contributed by atoms with Gasteiger partial charge < -0.3 is 15.5 Å². The molecule has 8 heteroatoms. The summed E-state index contributed by atoms with van der Waals surface area (Å²) < 4.78 is 0. The number of halogens is 1. The summed E-state index contributed by atoms with van der Waals surface area (Å²) >= 11 is 1.49. The topological polar surface area (TPSA) is 79.5 Å². The zero-order chi connectivity index (χ0) is 17.6. The van der Waals surface area contributed by atoms with Crippen LogP contribution in [0, 0.1) is 5.92 Å². The van der Waals surface area contributed by atoms with Crippen molar-refractivity contribution in [3.05, 3.63) is 16.1 Å². The standard InChI is InChI=1S/C18H28N4O2S.ClH/c19-7-6-16-20-15(13-25-16)18(24)22-9-3-8-21(10-11-22)17(23)12-14-4-1-2-5-14;/h13-14H,1-12,19H2;1H. The highest BCUT2D eigenvalue weighted by Gasteiger charge is 2.26. The van der Waals surface area contributed by atoms with Crippen molar-refractivity contribution in [2.45, 2.75) is 44.9 Å². The van der Waals surface area contributed by atoms with Crippen molar-refractivity contribution < 1.29 is 9.59 Å². The number of hydrogen-bond donors (Lipinski definition) is 1. The summed E-state index contributed by atoms with van der Waals surface area (Å²) in [5.74, 6) is 0.814. The molecule has 0 spiro atoms. The van der Waals surface area contributed by atoms with Crippen LogP contribution in [0.15, 0.2) is 5.38 Å². The molecule has 2 amide bonds. The van der Waals surface area contributed by atoms with Crippen LogP contribution in [0.4, 0.5) is 0 Å². The van der Waals surface area contributed by atoms with Crippen molar-refractivity contribution in [3.63, 3.8) is 0 Å². The number of aromatic nitrogens is 1. The minimum atomic E-state index is -0.0235. The Balaban J connectivity index is 0.00000243. The lowest BCUT2D eigenvalue weighted by atomic mass is 10.0. The number of carbonyl (C=O) groups is 2. The average molecular weight is 401 g/mol. The molecule has 3 rings (SSSR count). The molecular weight excluding hydrogens is 372 g/mol. The SMILES string of the molecule is Cl.NCCc1nc(C(=O)N2CCCN(C(=O)CC3CCCC3)CC2)cs1. The van der Waals surface area contributed by atoms with Crippen molar-refractivity contribution in [3.8, 4) is 0 Å². The van der Waals surface area contributed by atoms with Gasteiger partial charge in [-0.15, -0.1) is 23.7 Å². The van der Waals surface area contributed by atoms with Gasteiger partial charge in [0.1, 0.15) is 5.69 Å². The van der Waals surface area contributed by atoms with Gasteiger partial charge in [-0.2, -0.15) is 0 Å². The molecule has 146 valence electrons. The molecule has 1 aliphatic carbocycles. The molecule has 6 nitrogen and oxygen atoms in total. The van der Waals surface area contributed by atoms with Crippen LogP contribution in [0.25, 0.3) is 0 Å². The first kappa shape index (κ1) is 21.1. The summed E-state index contributed by atoms with van der Waals surface area (Å²) in [6.45, 7) is 3.22. The summed E-state index contributed by atoms with van der Waals surface area (Å²) in [6, 6.07) is 0. The molecule has 1 saturated heterocycles. The van der Waals surface area contributed by atoms with Crippen LogP contribution in [-0.2, 0) is 11.2 Å². The van der Waals surface area contributed by atoms with Crippen molar-refractivity contribution in [2.24, 2.45) is 11.7 Å². The van der Waals surface area contributed by atoms with Crippen molar-refractivity contribution in [2.75, 3.05) is 32.7 Å². The molecule has 1 saturated carbocycles. The van der Waals surface area contributed by atoms with Crippen molar-refractivity contribution in [1.82, 2.24) is 14.8 Å². The van der Waals surface area contributed by atoms with Gasteiger partial charge in [0, 0.05) is 44.4 Å². The van der Waals surface area contributed by atoms with Crippen LogP contribution >= 0.6 is 23.7 Å². The van der Waals surface area contributed by atoms with E-state index < -0.39 is 0 Å². The van der Waals surface area contributed by atoms with Gasteiger partial charge in [0.25, 0.3) is 5.91 Å². The van der Waals surface area contributed by atoms with Gasteiger partial charge in [-0.25, -0.2) is 4.98 Å². The van der Waals surface area contributed by atoms with E-state index in [9.17, 15) is 9.59 Å². The molecule has 0 radical (unpaired) electrons. The largest absolute Gasteiger partial charge is 0.341 e. The molecule has 0 unspecified atom stereocenters. The van der Waals surface area contributed by atoms with Crippen LogP contribution < -0.4 is 5.73 Å². The number of rotatable bonds is 5. The Morgan fingerprint density at radius 3 is 2.54 bits per heavy atom. The normalized spacial score (nSPS) is 18.5. The second-order valence-corrected chi connectivity index (χ2v) is 7.99. The number of hydrogen-bond acceptors (Lipinski definition) is 5. The van der Waals surface area contributed by atoms with E-state index in [0.717, 1.165) is 18.0 Å². The maximum Gasteiger partial charge on any atom is 0.273 e.